The molecular weight excluding hydrogens is 192 g/mol. The summed E-state index contributed by atoms with van der Waals surface area (Å²) in [5.74, 6) is 3.01. The van der Waals surface area contributed by atoms with Gasteiger partial charge >= 0.3 is 0 Å². The molecule has 1 saturated carbocycles. The lowest BCUT2D eigenvalue weighted by molar-refractivity contribution is 0.241. The summed E-state index contributed by atoms with van der Waals surface area (Å²) in [6, 6.07) is 0. The summed E-state index contributed by atoms with van der Waals surface area (Å²) in [6.07, 6.45) is 3.80. The van der Waals surface area contributed by atoms with E-state index in [1.165, 1.54) is 19.3 Å². The van der Waals surface area contributed by atoms with Crippen LogP contribution in [0.1, 0.15) is 47.0 Å². The van der Waals surface area contributed by atoms with Gasteiger partial charge in [0.1, 0.15) is 0 Å². The summed E-state index contributed by atoms with van der Waals surface area (Å²) >= 11 is 0. The molecule has 1 nitrogen and oxygen atoms in total. The molecule has 0 aliphatic heterocycles. The molecule has 0 aromatic rings. The zero-order valence-corrected chi connectivity index (χ0v) is 10.8. The van der Waals surface area contributed by atoms with Gasteiger partial charge in [0.25, 0.3) is 0 Å². The molecular formula is C12H24OS. The molecule has 0 aromatic heterocycles. The van der Waals surface area contributed by atoms with Gasteiger partial charge in [0.15, 0.2) is 0 Å². The molecule has 0 N–H and O–H groups in total. The fourth-order valence-electron chi connectivity index (χ4n) is 2.63. The molecule has 4 atom stereocenters. The SMILES string of the molecule is CCS(=O)C1CC(C)CCC1C(C)C. The molecule has 0 aromatic carbocycles. The van der Waals surface area contributed by atoms with Crippen LogP contribution in [0, 0.1) is 17.8 Å². The van der Waals surface area contributed by atoms with Crippen molar-refractivity contribution in [2.75, 3.05) is 5.75 Å². The number of hydrogen-bond donors (Lipinski definition) is 0. The van der Waals surface area contributed by atoms with Gasteiger partial charge in [-0.3, -0.25) is 4.21 Å². The first-order valence-electron chi connectivity index (χ1n) is 5.93. The second kappa shape index (κ2) is 5.29. The first-order chi connectivity index (χ1) is 6.56. The van der Waals surface area contributed by atoms with E-state index in [-0.39, 0.29) is 0 Å². The molecule has 0 amide bonds. The molecule has 0 bridgehead atoms. The van der Waals surface area contributed by atoms with Gasteiger partial charge in [-0.05, 0) is 30.6 Å². The molecule has 0 heterocycles. The maximum absolute atomic E-state index is 11.9. The van der Waals surface area contributed by atoms with Gasteiger partial charge in [0.2, 0.25) is 0 Å². The highest BCUT2D eigenvalue weighted by Gasteiger charge is 2.33. The van der Waals surface area contributed by atoms with E-state index < -0.39 is 10.8 Å². The Kier molecular flexibility index (Phi) is 4.62. The lowest BCUT2D eigenvalue weighted by Crippen LogP contribution is -2.35. The average molecular weight is 216 g/mol. The van der Waals surface area contributed by atoms with E-state index in [0.717, 1.165) is 11.7 Å². The Hall–Kier alpha value is 0.150. The van der Waals surface area contributed by atoms with Gasteiger partial charge in [-0.2, -0.15) is 0 Å². The minimum absolute atomic E-state index is 0.476. The Labute approximate surface area is 91.1 Å². The molecule has 4 unspecified atom stereocenters. The van der Waals surface area contributed by atoms with Crippen LogP contribution < -0.4 is 0 Å². The summed E-state index contributed by atoms with van der Waals surface area (Å²) in [6.45, 7) is 8.91. The maximum Gasteiger partial charge on any atom is 0.0381 e. The Morgan fingerprint density at radius 2 is 2.00 bits per heavy atom. The van der Waals surface area contributed by atoms with Crippen LogP contribution in [0.15, 0.2) is 0 Å². The summed E-state index contributed by atoms with van der Waals surface area (Å²) in [5, 5.41) is 0.476. The van der Waals surface area contributed by atoms with E-state index in [1.54, 1.807) is 0 Å². The van der Waals surface area contributed by atoms with Crippen LogP contribution in [0.5, 0.6) is 0 Å². The molecule has 84 valence electrons. The Balaban J connectivity index is 2.68. The number of rotatable bonds is 3. The molecule has 0 saturated heterocycles. The molecule has 2 heteroatoms. The second-order valence-corrected chi connectivity index (χ2v) is 6.98. The van der Waals surface area contributed by atoms with Crippen molar-refractivity contribution in [3.8, 4) is 0 Å². The quantitative estimate of drug-likeness (QED) is 0.708. The highest BCUT2D eigenvalue weighted by molar-refractivity contribution is 7.85. The van der Waals surface area contributed by atoms with Crippen molar-refractivity contribution < 1.29 is 4.21 Å². The van der Waals surface area contributed by atoms with Crippen molar-refractivity contribution in [3.63, 3.8) is 0 Å². The summed E-state index contributed by atoms with van der Waals surface area (Å²) < 4.78 is 11.9. The van der Waals surface area contributed by atoms with Crippen LogP contribution in [0.2, 0.25) is 0 Å². The lowest BCUT2D eigenvalue weighted by Gasteiger charge is -2.36. The zero-order chi connectivity index (χ0) is 10.7. The van der Waals surface area contributed by atoms with Crippen LogP contribution in [0.3, 0.4) is 0 Å². The van der Waals surface area contributed by atoms with Crippen molar-refractivity contribution in [3.05, 3.63) is 0 Å². The minimum Gasteiger partial charge on any atom is -0.259 e. The third-order valence-corrected chi connectivity index (χ3v) is 5.37. The van der Waals surface area contributed by atoms with E-state index in [4.69, 9.17) is 0 Å². The fourth-order valence-corrected chi connectivity index (χ4v) is 4.44. The summed E-state index contributed by atoms with van der Waals surface area (Å²) in [4.78, 5) is 0. The Morgan fingerprint density at radius 3 is 2.50 bits per heavy atom. The highest BCUT2D eigenvalue weighted by Crippen LogP contribution is 2.36. The van der Waals surface area contributed by atoms with Crippen LogP contribution >= 0.6 is 0 Å². The van der Waals surface area contributed by atoms with Crippen molar-refractivity contribution in [1.82, 2.24) is 0 Å². The van der Waals surface area contributed by atoms with Gasteiger partial charge in [-0.15, -0.1) is 0 Å². The maximum atomic E-state index is 11.9. The second-order valence-electron chi connectivity index (χ2n) is 5.03. The molecule has 14 heavy (non-hydrogen) atoms. The molecule has 1 aliphatic carbocycles. The predicted molar refractivity (Wildman–Crippen MR) is 63.8 cm³/mol. The van der Waals surface area contributed by atoms with E-state index in [2.05, 4.69) is 20.8 Å². The Morgan fingerprint density at radius 1 is 1.36 bits per heavy atom. The van der Waals surface area contributed by atoms with Crippen LogP contribution in [-0.4, -0.2) is 15.2 Å². The summed E-state index contributed by atoms with van der Waals surface area (Å²) in [5.41, 5.74) is 0. The van der Waals surface area contributed by atoms with E-state index >= 15 is 0 Å². The van der Waals surface area contributed by atoms with E-state index in [1.807, 2.05) is 6.92 Å². The topological polar surface area (TPSA) is 17.1 Å². The predicted octanol–water partition coefficient (Wildman–Crippen LogP) is 3.22. The van der Waals surface area contributed by atoms with Gasteiger partial charge in [0.05, 0.1) is 0 Å². The standard InChI is InChI=1S/C12H24OS/c1-5-14(13)12-8-10(4)6-7-11(12)9(2)3/h9-12H,5-8H2,1-4H3. The zero-order valence-electron chi connectivity index (χ0n) is 9.95. The summed E-state index contributed by atoms with van der Waals surface area (Å²) in [7, 11) is -0.585. The van der Waals surface area contributed by atoms with Crippen molar-refractivity contribution in [2.45, 2.75) is 52.2 Å². The van der Waals surface area contributed by atoms with Gasteiger partial charge in [-0.25, -0.2) is 0 Å². The average Bonchev–Trinajstić information content (AvgIpc) is 2.16. The molecule has 1 fully saturated rings. The van der Waals surface area contributed by atoms with Gasteiger partial charge in [-0.1, -0.05) is 34.1 Å². The van der Waals surface area contributed by atoms with Crippen molar-refractivity contribution in [1.29, 1.82) is 0 Å². The van der Waals surface area contributed by atoms with Crippen LogP contribution in [-0.2, 0) is 10.8 Å². The monoisotopic (exact) mass is 216 g/mol. The third kappa shape index (κ3) is 2.82. The van der Waals surface area contributed by atoms with Crippen molar-refractivity contribution >= 4 is 10.8 Å². The molecule has 0 radical (unpaired) electrons. The van der Waals surface area contributed by atoms with Crippen LogP contribution in [0.4, 0.5) is 0 Å². The highest BCUT2D eigenvalue weighted by atomic mass is 32.2. The van der Waals surface area contributed by atoms with Crippen molar-refractivity contribution in [2.24, 2.45) is 17.8 Å². The minimum atomic E-state index is -0.585. The van der Waals surface area contributed by atoms with Gasteiger partial charge in [0, 0.05) is 21.8 Å². The lowest BCUT2D eigenvalue weighted by atomic mass is 9.77. The largest absolute Gasteiger partial charge is 0.259 e. The smallest absolute Gasteiger partial charge is 0.0381 e. The van der Waals surface area contributed by atoms with E-state index in [0.29, 0.717) is 17.1 Å². The third-order valence-electron chi connectivity index (χ3n) is 3.58. The molecule has 1 aliphatic rings. The first kappa shape index (κ1) is 12.2. The fraction of sp³-hybridized carbons (Fsp3) is 1.00. The Bertz CT molecular complexity index is 200. The molecule has 0 spiro atoms. The van der Waals surface area contributed by atoms with Crippen LogP contribution in [0.25, 0.3) is 0 Å². The molecule has 1 rings (SSSR count). The van der Waals surface area contributed by atoms with E-state index in [9.17, 15) is 4.21 Å². The van der Waals surface area contributed by atoms with Gasteiger partial charge < -0.3 is 0 Å². The normalized spacial score (nSPS) is 35.9. The first-order valence-corrected chi connectivity index (χ1v) is 7.31. The number of hydrogen-bond acceptors (Lipinski definition) is 1.